The SMILES string of the molecule is C1CCOC1.[Br-].[CH-]=C(C)C.[Mg+2]. The first-order chi connectivity index (χ1) is 4.23. The van der Waals surface area contributed by atoms with Gasteiger partial charge >= 0.3 is 23.1 Å². The van der Waals surface area contributed by atoms with Gasteiger partial charge in [-0.15, -0.1) is 0 Å². The third kappa shape index (κ3) is 24.8. The molecular weight excluding hydrogens is 216 g/mol. The summed E-state index contributed by atoms with van der Waals surface area (Å²) in [7, 11) is 0. The Labute approximate surface area is 96.5 Å². The molecule has 0 aromatic rings. The van der Waals surface area contributed by atoms with Crippen molar-refractivity contribution >= 4 is 23.1 Å². The number of allylic oxidation sites excluding steroid dienone is 1. The Kier molecular flexibility index (Phi) is 22.0. The molecule has 1 aliphatic heterocycles. The molecule has 0 amide bonds. The van der Waals surface area contributed by atoms with Crippen LogP contribution in [0.5, 0.6) is 0 Å². The van der Waals surface area contributed by atoms with E-state index in [4.69, 9.17) is 11.3 Å². The molecule has 1 saturated heterocycles. The topological polar surface area (TPSA) is 9.23 Å². The smallest absolute Gasteiger partial charge is 1.00 e. The first kappa shape index (κ1) is 17.9. The molecule has 0 radical (unpaired) electrons. The van der Waals surface area contributed by atoms with Crippen LogP contribution in [0.1, 0.15) is 26.7 Å². The Balaban J connectivity index is -0.000000101. The first-order valence-corrected chi connectivity index (χ1v) is 3.37. The van der Waals surface area contributed by atoms with Gasteiger partial charge in [-0.1, -0.05) is 13.8 Å². The number of hydrogen-bond acceptors (Lipinski definition) is 1. The van der Waals surface area contributed by atoms with Gasteiger partial charge in [-0.3, -0.25) is 5.57 Å². The van der Waals surface area contributed by atoms with Crippen molar-refractivity contribution in [1.29, 1.82) is 0 Å². The van der Waals surface area contributed by atoms with Gasteiger partial charge in [0.2, 0.25) is 0 Å². The average Bonchev–Trinajstić information content (AvgIpc) is 2.11. The van der Waals surface area contributed by atoms with E-state index in [0.717, 1.165) is 18.8 Å². The van der Waals surface area contributed by atoms with Crippen molar-refractivity contribution in [1.82, 2.24) is 0 Å². The van der Waals surface area contributed by atoms with Crippen LogP contribution in [0, 0.1) is 6.58 Å². The summed E-state index contributed by atoms with van der Waals surface area (Å²) in [5.41, 5.74) is 0.917. The number of hydrogen-bond donors (Lipinski definition) is 0. The maximum Gasteiger partial charge on any atom is 2.00 e. The Hall–Kier alpha value is 0.946. The standard InChI is InChI=1S/C4H8O.C4H7.BrH.Mg/c1-2-4-5-3-1;1-4(2)3;;/h1-4H2;1H,2-3H3;1H;/q;-1;;+2/p-1. The molecule has 0 spiro atoms. The molecule has 62 valence electrons. The molecule has 1 nitrogen and oxygen atoms in total. The zero-order chi connectivity index (χ0) is 7.11. The summed E-state index contributed by atoms with van der Waals surface area (Å²) in [6, 6.07) is 0. The number of ether oxygens (including phenoxy) is 1. The average molecular weight is 231 g/mol. The summed E-state index contributed by atoms with van der Waals surface area (Å²) in [5, 5.41) is 0. The molecular formula is C8H15BrMgO. The molecule has 0 saturated carbocycles. The minimum Gasteiger partial charge on any atom is -1.00 e. The Morgan fingerprint density at radius 3 is 1.55 bits per heavy atom. The van der Waals surface area contributed by atoms with Gasteiger partial charge in [-0.25, -0.2) is 0 Å². The Morgan fingerprint density at radius 1 is 1.18 bits per heavy atom. The molecule has 1 aliphatic rings. The fraction of sp³-hybridized carbons (Fsp3) is 0.750. The summed E-state index contributed by atoms with van der Waals surface area (Å²) in [6.45, 7) is 10.8. The second-order valence-corrected chi connectivity index (χ2v) is 2.40. The van der Waals surface area contributed by atoms with Gasteiger partial charge in [0.25, 0.3) is 0 Å². The monoisotopic (exact) mass is 230 g/mol. The molecule has 1 fully saturated rings. The van der Waals surface area contributed by atoms with Crippen LogP contribution in [0.25, 0.3) is 0 Å². The largest absolute Gasteiger partial charge is 2.00 e. The van der Waals surface area contributed by atoms with E-state index in [1.54, 1.807) is 0 Å². The molecule has 0 aromatic heterocycles. The zero-order valence-corrected chi connectivity index (χ0v) is 10.4. The maximum atomic E-state index is 5.03. The second-order valence-electron chi connectivity index (χ2n) is 2.40. The van der Waals surface area contributed by atoms with E-state index in [0.29, 0.717) is 0 Å². The van der Waals surface area contributed by atoms with Crippen LogP contribution in [0.15, 0.2) is 5.57 Å². The fourth-order valence-corrected chi connectivity index (χ4v) is 0.510. The number of halogens is 1. The van der Waals surface area contributed by atoms with Crippen LogP contribution in [-0.4, -0.2) is 36.3 Å². The molecule has 0 unspecified atom stereocenters. The van der Waals surface area contributed by atoms with E-state index in [9.17, 15) is 0 Å². The van der Waals surface area contributed by atoms with Crippen molar-refractivity contribution in [3.05, 3.63) is 12.2 Å². The van der Waals surface area contributed by atoms with E-state index < -0.39 is 0 Å². The molecule has 11 heavy (non-hydrogen) atoms. The minimum absolute atomic E-state index is 0. The Bertz CT molecular complexity index is 70.6. The van der Waals surface area contributed by atoms with Gasteiger partial charge < -0.3 is 28.3 Å². The van der Waals surface area contributed by atoms with Crippen LogP contribution in [0.2, 0.25) is 0 Å². The van der Waals surface area contributed by atoms with Gasteiger partial charge in [-0.05, 0) is 12.8 Å². The quantitative estimate of drug-likeness (QED) is 0.376. The molecule has 3 heteroatoms. The molecule has 1 rings (SSSR count). The molecule has 0 aromatic carbocycles. The summed E-state index contributed by atoms with van der Waals surface area (Å²) in [4.78, 5) is 0. The summed E-state index contributed by atoms with van der Waals surface area (Å²) in [6.07, 6.45) is 2.56. The second kappa shape index (κ2) is 13.5. The van der Waals surface area contributed by atoms with E-state index in [2.05, 4.69) is 0 Å². The maximum absolute atomic E-state index is 5.03. The van der Waals surface area contributed by atoms with Crippen LogP contribution in [-0.2, 0) is 4.74 Å². The molecule has 0 N–H and O–H groups in total. The fourth-order valence-electron chi connectivity index (χ4n) is 0.510. The third-order valence-corrected chi connectivity index (χ3v) is 0.827. The van der Waals surface area contributed by atoms with E-state index in [1.165, 1.54) is 12.8 Å². The first-order valence-electron chi connectivity index (χ1n) is 3.37. The predicted octanol–water partition coefficient (Wildman–Crippen LogP) is -1.19. The van der Waals surface area contributed by atoms with Gasteiger partial charge in [-0.2, -0.15) is 0 Å². The number of rotatable bonds is 0. The van der Waals surface area contributed by atoms with Crippen molar-refractivity contribution in [2.24, 2.45) is 0 Å². The van der Waals surface area contributed by atoms with Crippen LogP contribution >= 0.6 is 0 Å². The van der Waals surface area contributed by atoms with Gasteiger partial charge in [0.1, 0.15) is 0 Å². The summed E-state index contributed by atoms with van der Waals surface area (Å²) < 4.78 is 4.94. The molecule has 1 heterocycles. The van der Waals surface area contributed by atoms with Crippen molar-refractivity contribution in [3.63, 3.8) is 0 Å². The van der Waals surface area contributed by atoms with E-state index >= 15 is 0 Å². The van der Waals surface area contributed by atoms with Crippen LogP contribution < -0.4 is 17.0 Å². The Morgan fingerprint density at radius 2 is 1.45 bits per heavy atom. The van der Waals surface area contributed by atoms with Crippen molar-refractivity contribution in [2.45, 2.75) is 26.7 Å². The summed E-state index contributed by atoms with van der Waals surface area (Å²) in [5.74, 6) is 0. The van der Waals surface area contributed by atoms with Gasteiger partial charge in [0.15, 0.2) is 0 Å². The molecule has 0 bridgehead atoms. The van der Waals surface area contributed by atoms with Crippen molar-refractivity contribution in [3.8, 4) is 0 Å². The molecule has 0 aliphatic carbocycles. The van der Waals surface area contributed by atoms with Gasteiger partial charge in [0, 0.05) is 13.2 Å². The minimum atomic E-state index is 0. The van der Waals surface area contributed by atoms with Crippen molar-refractivity contribution in [2.75, 3.05) is 13.2 Å². The van der Waals surface area contributed by atoms with Crippen LogP contribution in [0.3, 0.4) is 0 Å². The molecule has 0 atom stereocenters. The van der Waals surface area contributed by atoms with E-state index in [-0.39, 0.29) is 40.0 Å². The third-order valence-electron chi connectivity index (χ3n) is 0.827. The zero-order valence-electron chi connectivity index (χ0n) is 7.40. The van der Waals surface area contributed by atoms with E-state index in [1.807, 2.05) is 13.8 Å². The predicted molar refractivity (Wildman–Crippen MR) is 45.0 cm³/mol. The normalized spacial score (nSPS) is 13.3. The van der Waals surface area contributed by atoms with Crippen LogP contribution in [0.4, 0.5) is 0 Å². The summed E-state index contributed by atoms with van der Waals surface area (Å²) >= 11 is 0. The van der Waals surface area contributed by atoms with Gasteiger partial charge in [0.05, 0.1) is 0 Å². The van der Waals surface area contributed by atoms with Crippen molar-refractivity contribution < 1.29 is 21.7 Å².